The molecule has 124 valence electrons. The van der Waals surface area contributed by atoms with Crippen molar-refractivity contribution >= 4 is 15.7 Å². The average molecular weight is 344 g/mol. The third-order valence-electron chi connectivity index (χ3n) is 3.03. The van der Waals surface area contributed by atoms with E-state index in [0.29, 0.717) is 5.69 Å². The predicted molar refractivity (Wildman–Crippen MR) is 81.5 cm³/mol. The molecule has 0 aromatic heterocycles. The second-order valence-electron chi connectivity index (χ2n) is 4.78. The molecular formula is C15H15F3N2O2S. The maximum absolute atomic E-state index is 13.1. The Hall–Kier alpha value is -2.06. The maximum Gasteiger partial charge on any atom is 0.406 e. The molecule has 4 nitrogen and oxygen atoms in total. The molecule has 0 aliphatic heterocycles. The summed E-state index contributed by atoms with van der Waals surface area (Å²) in [4.78, 5) is -0.214. The van der Waals surface area contributed by atoms with Crippen molar-refractivity contribution in [2.45, 2.75) is 17.1 Å². The quantitative estimate of drug-likeness (QED) is 0.847. The fourth-order valence-corrected chi connectivity index (χ4v) is 3.10. The van der Waals surface area contributed by atoms with Crippen LogP contribution in [0.3, 0.4) is 0 Å². The molecule has 0 aliphatic carbocycles. The van der Waals surface area contributed by atoms with Gasteiger partial charge in [-0.1, -0.05) is 36.4 Å². The number of benzene rings is 2. The fraction of sp³-hybridized carbons (Fsp3) is 0.200. The van der Waals surface area contributed by atoms with Crippen molar-refractivity contribution in [3.05, 3.63) is 60.7 Å². The molecule has 0 saturated carbocycles. The molecule has 0 fully saturated rings. The summed E-state index contributed by atoms with van der Waals surface area (Å²) in [6.07, 6.45) is -4.72. The van der Waals surface area contributed by atoms with E-state index < -0.39 is 28.8 Å². The van der Waals surface area contributed by atoms with Crippen LogP contribution in [0.1, 0.15) is 0 Å². The van der Waals surface area contributed by atoms with Crippen molar-refractivity contribution in [3.63, 3.8) is 0 Å². The molecule has 0 saturated heterocycles. The van der Waals surface area contributed by atoms with Gasteiger partial charge in [-0.15, -0.1) is 0 Å². The molecule has 0 aliphatic rings. The first-order valence-electron chi connectivity index (χ1n) is 6.72. The molecule has 2 rings (SSSR count). The first-order chi connectivity index (χ1) is 10.8. The van der Waals surface area contributed by atoms with E-state index in [1.165, 1.54) is 24.3 Å². The van der Waals surface area contributed by atoms with E-state index in [2.05, 4.69) is 5.32 Å². The zero-order chi connectivity index (χ0) is 16.9. The lowest BCUT2D eigenvalue weighted by atomic mass is 10.2. The summed E-state index contributed by atoms with van der Waals surface area (Å²) in [5.74, 6) is 0. The molecule has 1 unspecified atom stereocenters. The minimum Gasteiger partial charge on any atom is -0.383 e. The number of rotatable bonds is 6. The van der Waals surface area contributed by atoms with Crippen LogP contribution in [0.25, 0.3) is 0 Å². The number of nitrogens with one attached hydrogen (secondary N) is 2. The fourth-order valence-electron chi connectivity index (χ4n) is 1.86. The number of sulfonamides is 1. The van der Waals surface area contributed by atoms with Crippen LogP contribution in [-0.2, 0) is 10.0 Å². The van der Waals surface area contributed by atoms with Gasteiger partial charge in [0.05, 0.1) is 4.90 Å². The van der Waals surface area contributed by atoms with Crippen LogP contribution in [-0.4, -0.2) is 27.2 Å². The van der Waals surface area contributed by atoms with Gasteiger partial charge in [-0.2, -0.15) is 17.9 Å². The van der Waals surface area contributed by atoms with Crippen molar-refractivity contribution < 1.29 is 21.6 Å². The summed E-state index contributed by atoms with van der Waals surface area (Å²) in [6.45, 7) is -0.612. The molecule has 2 aromatic carbocycles. The van der Waals surface area contributed by atoms with Gasteiger partial charge in [-0.3, -0.25) is 0 Å². The Morgan fingerprint density at radius 2 is 1.43 bits per heavy atom. The van der Waals surface area contributed by atoms with Gasteiger partial charge in [-0.05, 0) is 24.3 Å². The molecule has 0 spiro atoms. The summed E-state index contributed by atoms with van der Waals surface area (Å²) in [5.41, 5.74) is 0.473. The van der Waals surface area contributed by atoms with E-state index in [1.54, 1.807) is 41.1 Å². The molecule has 0 radical (unpaired) electrons. The number of alkyl halides is 3. The van der Waals surface area contributed by atoms with Crippen molar-refractivity contribution in [2.75, 3.05) is 11.9 Å². The van der Waals surface area contributed by atoms with Crippen LogP contribution in [0.15, 0.2) is 65.6 Å². The summed E-state index contributed by atoms with van der Waals surface area (Å²) < 4.78 is 65.1. The smallest absolute Gasteiger partial charge is 0.383 e. The second kappa shape index (κ2) is 7.01. The lowest BCUT2D eigenvalue weighted by Gasteiger charge is -2.22. The normalized spacial score (nSPS) is 13.5. The van der Waals surface area contributed by atoms with E-state index in [9.17, 15) is 21.6 Å². The Morgan fingerprint density at radius 3 is 1.96 bits per heavy atom. The number of halogens is 3. The van der Waals surface area contributed by atoms with Crippen molar-refractivity contribution in [2.24, 2.45) is 0 Å². The topological polar surface area (TPSA) is 58.2 Å². The van der Waals surface area contributed by atoms with Gasteiger partial charge < -0.3 is 5.32 Å². The van der Waals surface area contributed by atoms with Gasteiger partial charge in [0.1, 0.15) is 6.04 Å². The monoisotopic (exact) mass is 344 g/mol. The van der Waals surface area contributed by atoms with Crippen LogP contribution in [0.5, 0.6) is 0 Å². The molecule has 23 heavy (non-hydrogen) atoms. The SMILES string of the molecule is O=S(=O)(NC(CNc1ccccc1)C(F)(F)F)c1ccccc1. The van der Waals surface area contributed by atoms with Gasteiger partial charge in [0.25, 0.3) is 0 Å². The maximum atomic E-state index is 13.1. The van der Waals surface area contributed by atoms with Crippen molar-refractivity contribution in [1.29, 1.82) is 0 Å². The van der Waals surface area contributed by atoms with E-state index in [0.717, 1.165) is 0 Å². The highest BCUT2D eigenvalue weighted by Crippen LogP contribution is 2.23. The highest BCUT2D eigenvalue weighted by Gasteiger charge is 2.42. The summed E-state index contributed by atoms with van der Waals surface area (Å²) >= 11 is 0. The first-order valence-corrected chi connectivity index (χ1v) is 8.20. The number of hydrogen-bond acceptors (Lipinski definition) is 3. The number of hydrogen-bond donors (Lipinski definition) is 2. The lowest BCUT2D eigenvalue weighted by Crippen LogP contribution is -2.49. The zero-order valence-electron chi connectivity index (χ0n) is 11.9. The van der Waals surface area contributed by atoms with Crippen molar-refractivity contribution in [1.82, 2.24) is 4.72 Å². The standard InChI is InChI=1S/C15H15F3N2O2S/c16-15(17,18)14(11-19-12-7-3-1-4-8-12)20-23(21,22)13-9-5-2-6-10-13/h1-10,14,19-20H,11H2. The Bertz CT molecular complexity index is 719. The zero-order valence-corrected chi connectivity index (χ0v) is 12.7. The third kappa shape index (κ3) is 4.97. The molecular weight excluding hydrogens is 329 g/mol. The third-order valence-corrected chi connectivity index (χ3v) is 4.52. The summed E-state index contributed by atoms with van der Waals surface area (Å²) in [6, 6.07) is 12.9. The van der Waals surface area contributed by atoms with E-state index in [4.69, 9.17) is 0 Å². The molecule has 8 heteroatoms. The molecule has 1 atom stereocenters. The Kier molecular flexibility index (Phi) is 5.27. The summed E-state index contributed by atoms with van der Waals surface area (Å²) in [7, 11) is -4.26. The van der Waals surface area contributed by atoms with E-state index >= 15 is 0 Å². The van der Waals surface area contributed by atoms with Gasteiger partial charge in [-0.25, -0.2) is 8.42 Å². The minimum absolute atomic E-state index is 0.214. The minimum atomic E-state index is -4.72. The van der Waals surface area contributed by atoms with Gasteiger partial charge >= 0.3 is 6.18 Å². The second-order valence-corrected chi connectivity index (χ2v) is 6.49. The average Bonchev–Trinajstić information content (AvgIpc) is 2.52. The molecule has 2 N–H and O–H groups in total. The van der Waals surface area contributed by atoms with Gasteiger partial charge in [0.15, 0.2) is 0 Å². The largest absolute Gasteiger partial charge is 0.406 e. The van der Waals surface area contributed by atoms with E-state index in [-0.39, 0.29) is 4.90 Å². The van der Waals surface area contributed by atoms with Crippen LogP contribution in [0, 0.1) is 0 Å². The van der Waals surface area contributed by atoms with Crippen LogP contribution in [0.2, 0.25) is 0 Å². The molecule has 0 amide bonds. The molecule has 0 heterocycles. The Labute approximate surface area is 132 Å². The molecule has 0 bridgehead atoms. The summed E-state index contributed by atoms with van der Waals surface area (Å²) in [5, 5.41) is 2.58. The lowest BCUT2D eigenvalue weighted by molar-refractivity contribution is -0.148. The van der Waals surface area contributed by atoms with Crippen LogP contribution < -0.4 is 10.0 Å². The van der Waals surface area contributed by atoms with Gasteiger partial charge in [0, 0.05) is 12.2 Å². The predicted octanol–water partition coefficient (Wildman–Crippen LogP) is 3.01. The van der Waals surface area contributed by atoms with Crippen LogP contribution in [0.4, 0.5) is 18.9 Å². The van der Waals surface area contributed by atoms with Crippen LogP contribution >= 0.6 is 0 Å². The Morgan fingerprint density at radius 1 is 0.913 bits per heavy atom. The highest BCUT2D eigenvalue weighted by atomic mass is 32.2. The van der Waals surface area contributed by atoms with Gasteiger partial charge in [0.2, 0.25) is 10.0 Å². The van der Waals surface area contributed by atoms with E-state index in [1.807, 2.05) is 0 Å². The number of para-hydroxylation sites is 1. The van der Waals surface area contributed by atoms with Crippen molar-refractivity contribution in [3.8, 4) is 0 Å². The Balaban J connectivity index is 2.13. The highest BCUT2D eigenvalue weighted by molar-refractivity contribution is 7.89. The molecule has 2 aromatic rings. The number of anilines is 1. The first kappa shape index (κ1) is 17.3.